The van der Waals surface area contributed by atoms with Crippen LogP contribution in [0, 0.1) is 11.8 Å². The van der Waals surface area contributed by atoms with E-state index in [9.17, 15) is 5.11 Å². The van der Waals surface area contributed by atoms with Gasteiger partial charge < -0.3 is 30.0 Å². The molecule has 38 heavy (non-hydrogen) atoms. The lowest BCUT2D eigenvalue weighted by Crippen LogP contribution is -2.45. The summed E-state index contributed by atoms with van der Waals surface area (Å²) in [6.45, 7) is 3.87. The monoisotopic (exact) mass is 516 g/mol. The van der Waals surface area contributed by atoms with E-state index in [1.54, 1.807) is 13.3 Å². The van der Waals surface area contributed by atoms with Gasteiger partial charge in [-0.25, -0.2) is 4.98 Å². The molecule has 4 N–H and O–H groups in total. The molecule has 3 aliphatic heterocycles. The Morgan fingerprint density at radius 3 is 2.71 bits per heavy atom. The summed E-state index contributed by atoms with van der Waals surface area (Å²) in [5, 5.41) is 25.1. The number of aromatic nitrogens is 2. The van der Waals surface area contributed by atoms with E-state index in [-0.39, 0.29) is 6.61 Å². The predicted molar refractivity (Wildman–Crippen MR) is 146 cm³/mol. The molecule has 3 saturated heterocycles. The average molecular weight is 517 g/mol. The van der Waals surface area contributed by atoms with Crippen molar-refractivity contribution in [2.45, 2.75) is 56.3 Å². The lowest BCUT2D eigenvalue weighted by Gasteiger charge is -2.37. The van der Waals surface area contributed by atoms with Gasteiger partial charge in [0.25, 0.3) is 0 Å². The molecule has 2 aromatic heterocycles. The number of aliphatic hydroxyl groups is 2. The van der Waals surface area contributed by atoms with E-state index >= 15 is 0 Å². The summed E-state index contributed by atoms with van der Waals surface area (Å²) in [5.41, 5.74) is 4.68. The minimum atomic E-state index is -0.919. The zero-order valence-electron chi connectivity index (χ0n) is 21.9. The SMILES string of the molecule is COc1c(C2(O)CCNCC2)ccc(-c2cc3cc(C#CCCO)cnc3[nH]2)c1CN1C2CCC1COC2. The van der Waals surface area contributed by atoms with Crippen LogP contribution in [0.1, 0.15) is 48.8 Å². The molecule has 5 heterocycles. The van der Waals surface area contributed by atoms with E-state index in [0.717, 1.165) is 90.4 Å². The van der Waals surface area contributed by atoms with Crippen LogP contribution in [0.4, 0.5) is 0 Å². The summed E-state index contributed by atoms with van der Waals surface area (Å²) in [6.07, 6.45) is 5.80. The van der Waals surface area contributed by atoms with Crippen LogP contribution < -0.4 is 10.1 Å². The van der Waals surface area contributed by atoms with Gasteiger partial charge in [-0.15, -0.1) is 0 Å². The minimum absolute atomic E-state index is 0.0497. The van der Waals surface area contributed by atoms with Crippen molar-refractivity contribution in [3.63, 3.8) is 0 Å². The summed E-state index contributed by atoms with van der Waals surface area (Å²) in [6, 6.07) is 9.12. The summed E-state index contributed by atoms with van der Waals surface area (Å²) < 4.78 is 12.0. The quantitative estimate of drug-likeness (QED) is 0.374. The molecule has 8 nitrogen and oxygen atoms in total. The van der Waals surface area contributed by atoms with Crippen LogP contribution in [0.25, 0.3) is 22.3 Å². The fourth-order valence-corrected chi connectivity index (χ4v) is 6.35. The molecule has 2 atom stereocenters. The first-order valence-corrected chi connectivity index (χ1v) is 13.7. The van der Waals surface area contributed by atoms with E-state index in [2.05, 4.69) is 44.2 Å². The molecule has 8 heteroatoms. The molecule has 3 aromatic rings. The normalized spacial score (nSPS) is 22.8. The number of hydrogen-bond donors (Lipinski definition) is 4. The maximum absolute atomic E-state index is 11.7. The van der Waals surface area contributed by atoms with E-state index in [4.69, 9.17) is 14.6 Å². The molecule has 0 amide bonds. The maximum Gasteiger partial charge on any atom is 0.137 e. The van der Waals surface area contributed by atoms with Crippen molar-refractivity contribution < 1.29 is 19.7 Å². The molecular formula is C30H36N4O4. The third kappa shape index (κ3) is 4.70. The summed E-state index contributed by atoms with van der Waals surface area (Å²) in [7, 11) is 1.72. The molecule has 6 rings (SSSR count). The number of fused-ring (bicyclic) bond motifs is 3. The minimum Gasteiger partial charge on any atom is -0.496 e. The fourth-order valence-electron chi connectivity index (χ4n) is 6.35. The highest BCUT2D eigenvalue weighted by molar-refractivity contribution is 5.85. The number of aliphatic hydroxyl groups excluding tert-OH is 1. The van der Waals surface area contributed by atoms with E-state index in [1.165, 1.54) is 0 Å². The van der Waals surface area contributed by atoms with Crippen molar-refractivity contribution in [2.24, 2.45) is 0 Å². The number of pyridine rings is 1. The van der Waals surface area contributed by atoms with Crippen LogP contribution in [0.2, 0.25) is 0 Å². The van der Waals surface area contributed by atoms with E-state index < -0.39 is 5.60 Å². The second-order valence-corrected chi connectivity index (χ2v) is 10.7. The second-order valence-electron chi connectivity index (χ2n) is 10.7. The van der Waals surface area contributed by atoms with Gasteiger partial charge in [-0.1, -0.05) is 24.0 Å². The first-order valence-electron chi connectivity index (χ1n) is 13.7. The van der Waals surface area contributed by atoms with Gasteiger partial charge in [-0.2, -0.15) is 0 Å². The number of H-pyrrole nitrogens is 1. The largest absolute Gasteiger partial charge is 0.496 e. The molecule has 2 unspecified atom stereocenters. The van der Waals surface area contributed by atoms with Crippen LogP contribution in [0.5, 0.6) is 5.75 Å². The Hall–Kier alpha value is -2.93. The van der Waals surface area contributed by atoms with Gasteiger partial charge in [-0.3, -0.25) is 4.90 Å². The Morgan fingerprint density at radius 1 is 1.18 bits per heavy atom. The molecule has 0 saturated carbocycles. The zero-order chi connectivity index (χ0) is 26.1. The smallest absolute Gasteiger partial charge is 0.137 e. The Morgan fingerprint density at radius 2 is 1.97 bits per heavy atom. The molecule has 0 spiro atoms. The molecule has 3 aliphatic rings. The van der Waals surface area contributed by atoms with Crippen LogP contribution in [0.3, 0.4) is 0 Å². The van der Waals surface area contributed by atoms with Gasteiger partial charge >= 0.3 is 0 Å². The third-order valence-electron chi connectivity index (χ3n) is 8.36. The molecule has 3 fully saturated rings. The van der Waals surface area contributed by atoms with Crippen molar-refractivity contribution in [3.05, 3.63) is 47.2 Å². The van der Waals surface area contributed by atoms with Gasteiger partial charge in [0.15, 0.2) is 0 Å². The van der Waals surface area contributed by atoms with Crippen molar-refractivity contribution in [3.8, 4) is 28.8 Å². The number of hydrogen-bond acceptors (Lipinski definition) is 7. The molecule has 200 valence electrons. The highest BCUT2D eigenvalue weighted by Crippen LogP contribution is 2.44. The van der Waals surface area contributed by atoms with Gasteiger partial charge in [-0.05, 0) is 50.9 Å². The van der Waals surface area contributed by atoms with Crippen molar-refractivity contribution >= 4 is 11.0 Å². The Kier molecular flexibility index (Phi) is 7.12. The predicted octanol–water partition coefficient (Wildman–Crippen LogP) is 2.91. The van der Waals surface area contributed by atoms with Crippen molar-refractivity contribution in [1.29, 1.82) is 0 Å². The van der Waals surface area contributed by atoms with Gasteiger partial charge in [0.05, 0.1) is 32.5 Å². The number of rotatable bonds is 6. The summed E-state index contributed by atoms with van der Waals surface area (Å²) in [5.74, 6) is 6.82. The Balaban J connectivity index is 1.45. The Labute approximate surface area is 223 Å². The van der Waals surface area contributed by atoms with E-state index in [0.29, 0.717) is 31.3 Å². The number of nitrogens with one attached hydrogen (secondary N) is 2. The summed E-state index contributed by atoms with van der Waals surface area (Å²) in [4.78, 5) is 10.7. The fraction of sp³-hybridized carbons (Fsp3) is 0.500. The molecular weight excluding hydrogens is 480 g/mol. The van der Waals surface area contributed by atoms with Crippen LogP contribution in [-0.4, -0.2) is 77.2 Å². The topological polar surface area (TPSA) is 103 Å². The third-order valence-corrected chi connectivity index (χ3v) is 8.36. The van der Waals surface area contributed by atoms with Gasteiger partial charge in [0, 0.05) is 64.6 Å². The van der Waals surface area contributed by atoms with Gasteiger partial charge in [0.1, 0.15) is 11.4 Å². The van der Waals surface area contributed by atoms with Crippen LogP contribution in [-0.2, 0) is 16.9 Å². The number of aromatic amines is 1. The molecule has 1 aromatic carbocycles. The summed E-state index contributed by atoms with van der Waals surface area (Å²) >= 11 is 0. The van der Waals surface area contributed by atoms with Crippen LogP contribution in [0.15, 0.2) is 30.5 Å². The van der Waals surface area contributed by atoms with Gasteiger partial charge in [0.2, 0.25) is 0 Å². The Bertz CT molecular complexity index is 1350. The maximum atomic E-state index is 11.7. The van der Waals surface area contributed by atoms with E-state index in [1.807, 2.05) is 12.1 Å². The van der Waals surface area contributed by atoms with Crippen molar-refractivity contribution in [1.82, 2.24) is 20.2 Å². The lowest BCUT2D eigenvalue weighted by atomic mass is 9.82. The highest BCUT2D eigenvalue weighted by Gasteiger charge is 2.40. The zero-order valence-corrected chi connectivity index (χ0v) is 21.9. The highest BCUT2D eigenvalue weighted by atomic mass is 16.5. The number of ether oxygens (including phenoxy) is 2. The number of benzene rings is 1. The lowest BCUT2D eigenvalue weighted by molar-refractivity contribution is -0.0192. The molecule has 0 aliphatic carbocycles. The number of piperidine rings is 1. The molecule has 0 radical (unpaired) electrons. The van der Waals surface area contributed by atoms with Crippen molar-refractivity contribution in [2.75, 3.05) is 40.0 Å². The van der Waals surface area contributed by atoms with Crippen LogP contribution >= 0.6 is 0 Å². The standard InChI is InChI=1S/C30H36N4O4/c1-37-28-25(17-34-22-5-6-23(34)19-38-18-22)24(7-8-26(28)30(36)9-11-31-12-10-30)27-15-21-14-20(4-2-3-13-35)16-32-29(21)33-27/h7-8,14-16,22-23,31,35-36H,3,5-6,9-13,17-19H2,1H3,(H,32,33). The number of morpholine rings is 1. The number of nitrogens with zero attached hydrogens (tertiary/aromatic N) is 2. The average Bonchev–Trinajstić information content (AvgIpc) is 3.44. The first kappa shape index (κ1) is 25.4. The first-order chi connectivity index (χ1) is 18.6. The number of methoxy groups -OCH3 is 1. The molecule has 2 bridgehead atoms. The second kappa shape index (κ2) is 10.7.